The minimum atomic E-state index is -2.43. The molecule has 2 nitrogen and oxygen atoms in total. The first-order valence-corrected chi connectivity index (χ1v) is 5.96. The van der Waals surface area contributed by atoms with Crippen LogP contribution in [0, 0.1) is 5.41 Å². The Morgan fingerprint density at radius 1 is 1.35 bits per heavy atom. The van der Waals surface area contributed by atoms with Gasteiger partial charge in [-0.25, -0.2) is 0 Å². The quantitative estimate of drug-likeness (QED) is 0.821. The van der Waals surface area contributed by atoms with Crippen LogP contribution in [0.1, 0.15) is 19.4 Å². The lowest BCUT2D eigenvalue weighted by molar-refractivity contribution is -0.146. The van der Waals surface area contributed by atoms with Crippen molar-refractivity contribution >= 4 is 17.7 Å². The smallest absolute Gasteiger partial charge is 0.309 e. The molecule has 0 aliphatic carbocycles. The highest BCUT2D eigenvalue weighted by atomic mass is 32.2. The van der Waals surface area contributed by atoms with Crippen molar-refractivity contribution in [1.29, 1.82) is 0 Å². The van der Waals surface area contributed by atoms with E-state index in [1.165, 1.54) is 0 Å². The second kappa shape index (κ2) is 5.49. The maximum Gasteiger partial charge on any atom is 0.309 e. The molecule has 0 spiro atoms. The molecule has 0 aliphatic heterocycles. The molecule has 0 fully saturated rings. The number of alkyl halides is 2. The van der Waals surface area contributed by atoms with E-state index < -0.39 is 17.1 Å². The van der Waals surface area contributed by atoms with Crippen molar-refractivity contribution in [3.05, 3.63) is 29.8 Å². The maximum atomic E-state index is 12.1. The van der Waals surface area contributed by atoms with Crippen LogP contribution in [-0.4, -0.2) is 16.8 Å². The van der Waals surface area contributed by atoms with Crippen LogP contribution in [0.2, 0.25) is 0 Å². The minimum absolute atomic E-state index is 0.377. The molecule has 0 saturated heterocycles. The zero-order chi connectivity index (χ0) is 13.1. The fourth-order valence-electron chi connectivity index (χ4n) is 1.37. The summed E-state index contributed by atoms with van der Waals surface area (Å²) in [6, 6.07) is 6.55. The molecule has 0 saturated carbocycles. The number of hydrogen-bond acceptors (Lipinski definition) is 2. The molecule has 0 unspecified atom stereocenters. The van der Waals surface area contributed by atoms with Gasteiger partial charge in [0.1, 0.15) is 0 Å². The van der Waals surface area contributed by atoms with Gasteiger partial charge in [-0.15, -0.1) is 0 Å². The van der Waals surface area contributed by atoms with Crippen LogP contribution in [0.4, 0.5) is 8.78 Å². The molecule has 0 aromatic heterocycles. The monoisotopic (exact) mass is 260 g/mol. The van der Waals surface area contributed by atoms with Crippen LogP contribution in [0.5, 0.6) is 0 Å². The number of carboxylic acids is 1. The Kier molecular flexibility index (Phi) is 4.51. The van der Waals surface area contributed by atoms with Gasteiger partial charge in [-0.2, -0.15) is 8.78 Å². The molecule has 5 heteroatoms. The number of aliphatic carboxylic acids is 1. The first kappa shape index (κ1) is 14.0. The molecule has 0 bridgehead atoms. The summed E-state index contributed by atoms with van der Waals surface area (Å²) in [6.07, 6.45) is 0.377. The third-order valence-corrected chi connectivity index (χ3v) is 3.10. The number of benzene rings is 1. The fraction of sp³-hybridized carbons (Fsp3) is 0.417. The van der Waals surface area contributed by atoms with E-state index in [4.69, 9.17) is 5.11 Å². The summed E-state index contributed by atoms with van der Waals surface area (Å²) in [5.74, 6) is -3.31. The molecule has 0 radical (unpaired) electrons. The second-order valence-electron chi connectivity index (χ2n) is 4.39. The number of hydrogen-bond donors (Lipinski definition) is 1. The Morgan fingerprint density at radius 2 is 1.88 bits per heavy atom. The van der Waals surface area contributed by atoms with Crippen molar-refractivity contribution in [2.24, 2.45) is 5.41 Å². The lowest BCUT2D eigenvalue weighted by Crippen LogP contribution is -2.26. The highest BCUT2D eigenvalue weighted by molar-refractivity contribution is 7.99. The Morgan fingerprint density at radius 3 is 2.29 bits per heavy atom. The van der Waals surface area contributed by atoms with Gasteiger partial charge in [0.15, 0.2) is 0 Å². The van der Waals surface area contributed by atoms with E-state index in [-0.39, 0.29) is 0 Å². The highest BCUT2D eigenvalue weighted by Gasteiger charge is 2.27. The van der Waals surface area contributed by atoms with Crippen molar-refractivity contribution in [3.63, 3.8) is 0 Å². The average molecular weight is 260 g/mol. The molecule has 0 heterocycles. The molecule has 17 heavy (non-hydrogen) atoms. The summed E-state index contributed by atoms with van der Waals surface area (Å²) in [4.78, 5) is 11.4. The van der Waals surface area contributed by atoms with Gasteiger partial charge in [-0.3, -0.25) is 4.79 Å². The summed E-state index contributed by atoms with van der Waals surface area (Å²) in [6.45, 7) is 3.27. The molecule has 0 amide bonds. The zero-order valence-electron chi connectivity index (χ0n) is 9.61. The van der Waals surface area contributed by atoms with E-state index in [0.717, 1.165) is 5.56 Å². The molecule has 94 valence electrons. The number of carbonyl (C=O) groups is 1. The van der Waals surface area contributed by atoms with E-state index in [2.05, 4.69) is 0 Å². The summed E-state index contributed by atoms with van der Waals surface area (Å²) < 4.78 is 24.2. The summed E-state index contributed by atoms with van der Waals surface area (Å²) in [7, 11) is 0. The van der Waals surface area contributed by atoms with E-state index in [9.17, 15) is 13.6 Å². The molecule has 1 aromatic rings. The van der Waals surface area contributed by atoms with Gasteiger partial charge < -0.3 is 5.11 Å². The maximum absolute atomic E-state index is 12.1. The zero-order valence-corrected chi connectivity index (χ0v) is 10.4. The minimum Gasteiger partial charge on any atom is -0.481 e. The van der Waals surface area contributed by atoms with Gasteiger partial charge in [0.25, 0.3) is 5.76 Å². The number of carboxylic acid groups (broad SMARTS) is 1. The van der Waals surface area contributed by atoms with Crippen LogP contribution in [0.25, 0.3) is 0 Å². The molecule has 0 aliphatic rings. The van der Waals surface area contributed by atoms with Gasteiger partial charge in [0, 0.05) is 4.90 Å². The number of halogens is 2. The van der Waals surface area contributed by atoms with Crippen LogP contribution in [0.15, 0.2) is 29.2 Å². The molecular weight excluding hydrogens is 246 g/mol. The average Bonchev–Trinajstić information content (AvgIpc) is 2.19. The number of rotatable bonds is 5. The second-order valence-corrected chi connectivity index (χ2v) is 5.45. The van der Waals surface area contributed by atoms with Crippen LogP contribution >= 0.6 is 11.8 Å². The van der Waals surface area contributed by atoms with E-state index in [1.807, 2.05) is 0 Å². The van der Waals surface area contributed by atoms with Gasteiger partial charge in [0.2, 0.25) is 0 Å². The standard InChI is InChI=1S/C12H14F2O2S/c1-12(2,10(15)16)7-8-3-5-9(6-4-8)17-11(13)14/h3-6,11H,7H2,1-2H3,(H,15,16). The van der Waals surface area contributed by atoms with Gasteiger partial charge in [0.05, 0.1) is 5.41 Å². The Balaban J connectivity index is 2.72. The van der Waals surface area contributed by atoms with Crippen LogP contribution in [-0.2, 0) is 11.2 Å². The van der Waals surface area contributed by atoms with E-state index in [0.29, 0.717) is 23.1 Å². The third kappa shape index (κ3) is 4.34. The van der Waals surface area contributed by atoms with Gasteiger partial charge in [-0.05, 0) is 38.0 Å². The molecule has 1 aromatic carbocycles. The van der Waals surface area contributed by atoms with Crippen LogP contribution in [0.3, 0.4) is 0 Å². The van der Waals surface area contributed by atoms with E-state index >= 15 is 0 Å². The van der Waals surface area contributed by atoms with Crippen molar-refractivity contribution in [3.8, 4) is 0 Å². The Bertz CT molecular complexity index is 388. The van der Waals surface area contributed by atoms with Crippen molar-refractivity contribution < 1.29 is 18.7 Å². The normalized spacial score (nSPS) is 11.8. The predicted octanol–water partition coefficient (Wildman–Crippen LogP) is 3.65. The highest BCUT2D eigenvalue weighted by Crippen LogP contribution is 2.27. The Hall–Kier alpha value is -1.10. The van der Waals surface area contributed by atoms with Gasteiger partial charge >= 0.3 is 5.97 Å². The first-order valence-electron chi connectivity index (χ1n) is 5.08. The van der Waals surface area contributed by atoms with Crippen molar-refractivity contribution in [2.45, 2.75) is 30.9 Å². The SMILES string of the molecule is CC(C)(Cc1ccc(SC(F)F)cc1)C(=O)O. The molecular formula is C12H14F2O2S. The predicted molar refractivity (Wildman–Crippen MR) is 63.4 cm³/mol. The first-order chi connectivity index (χ1) is 7.81. The lowest BCUT2D eigenvalue weighted by atomic mass is 9.86. The number of thioether (sulfide) groups is 1. The Labute approximate surface area is 103 Å². The molecule has 1 N–H and O–H groups in total. The summed E-state index contributed by atoms with van der Waals surface area (Å²) in [5, 5.41) is 8.97. The summed E-state index contributed by atoms with van der Waals surface area (Å²) >= 11 is 0.482. The van der Waals surface area contributed by atoms with Crippen molar-refractivity contribution in [2.75, 3.05) is 0 Å². The molecule has 0 atom stereocenters. The lowest BCUT2D eigenvalue weighted by Gasteiger charge is -2.18. The van der Waals surface area contributed by atoms with E-state index in [1.54, 1.807) is 38.1 Å². The van der Waals surface area contributed by atoms with Gasteiger partial charge in [-0.1, -0.05) is 23.9 Å². The van der Waals surface area contributed by atoms with Crippen LogP contribution < -0.4 is 0 Å². The third-order valence-electron chi connectivity index (χ3n) is 2.37. The van der Waals surface area contributed by atoms with Crippen molar-refractivity contribution in [1.82, 2.24) is 0 Å². The summed E-state index contributed by atoms with van der Waals surface area (Å²) in [5.41, 5.74) is -0.0202. The fourth-order valence-corrected chi connectivity index (χ4v) is 1.87. The topological polar surface area (TPSA) is 37.3 Å². The largest absolute Gasteiger partial charge is 0.481 e. The molecule has 1 rings (SSSR count).